The molecule has 300 valence electrons. The number of aliphatic hydroxyl groups excluding tert-OH is 2. The largest absolute Gasteiger partial charge is 0.480 e. The molecule has 0 aromatic carbocycles. The van der Waals surface area contributed by atoms with E-state index in [0.717, 1.165) is 37.7 Å². The van der Waals surface area contributed by atoms with Gasteiger partial charge >= 0.3 is 17.9 Å². The molecule has 15 heteroatoms. The van der Waals surface area contributed by atoms with E-state index in [-0.39, 0.29) is 79.2 Å². The molecule has 5 fully saturated rings. The topological polar surface area (TPSA) is 243 Å². The number of Topliss-reactive ketones (excluding diaryl/α,β-unsaturated/α-hetero) is 2. The summed E-state index contributed by atoms with van der Waals surface area (Å²) in [7, 11) is 0. The number of fused-ring (bicyclic) bond motifs is 4. The van der Waals surface area contributed by atoms with E-state index in [1.165, 1.54) is 11.8 Å². The van der Waals surface area contributed by atoms with E-state index >= 15 is 0 Å². The second-order valence-electron chi connectivity index (χ2n) is 17.3. The summed E-state index contributed by atoms with van der Waals surface area (Å²) in [4.78, 5) is 75.2. The molecule has 5 unspecified atom stereocenters. The Morgan fingerprint density at radius 3 is 2.44 bits per heavy atom. The first kappa shape index (κ1) is 40.8. The van der Waals surface area contributed by atoms with Crippen molar-refractivity contribution in [3.8, 4) is 0 Å². The van der Waals surface area contributed by atoms with Gasteiger partial charge in [-0.3, -0.25) is 24.0 Å². The number of esters is 1. The minimum atomic E-state index is -1.25. The van der Waals surface area contributed by atoms with E-state index in [1.807, 2.05) is 13.8 Å². The Morgan fingerprint density at radius 1 is 1.07 bits per heavy atom. The number of aliphatic hydroxyl groups is 2. The Balaban J connectivity index is 1.14. The number of epoxide rings is 1. The lowest BCUT2D eigenvalue weighted by molar-refractivity contribution is -0.165. The van der Waals surface area contributed by atoms with Crippen molar-refractivity contribution in [2.45, 2.75) is 127 Å². The molecule has 2 aliphatic heterocycles. The quantitative estimate of drug-likeness (QED) is 0.103. The third-order valence-electron chi connectivity index (χ3n) is 14.8. The van der Waals surface area contributed by atoms with Gasteiger partial charge in [-0.05, 0) is 87.4 Å². The molecule has 1 amide bonds. The van der Waals surface area contributed by atoms with Gasteiger partial charge in [-0.25, -0.2) is 4.79 Å². The molecule has 0 aromatic heterocycles. The molecule has 6 rings (SSSR count). The van der Waals surface area contributed by atoms with Crippen molar-refractivity contribution in [1.29, 1.82) is 0 Å². The number of carboxylic acids is 2. The lowest BCUT2D eigenvalue weighted by Gasteiger charge is -2.59. The number of rotatable bonds is 15. The maximum atomic E-state index is 14.5. The van der Waals surface area contributed by atoms with Gasteiger partial charge in [0.25, 0.3) is 0 Å². The fourth-order valence-corrected chi connectivity index (χ4v) is 13.2. The predicted molar refractivity (Wildman–Crippen MR) is 195 cm³/mol. The number of nitrogens with two attached hydrogens (primary N) is 1. The van der Waals surface area contributed by atoms with Crippen LogP contribution < -0.4 is 11.1 Å². The van der Waals surface area contributed by atoms with Gasteiger partial charge in [-0.1, -0.05) is 19.4 Å². The predicted octanol–water partition coefficient (Wildman–Crippen LogP) is 2.26. The van der Waals surface area contributed by atoms with Crippen LogP contribution in [0.15, 0.2) is 11.1 Å². The highest BCUT2D eigenvalue weighted by molar-refractivity contribution is 8.00. The van der Waals surface area contributed by atoms with E-state index < -0.39 is 70.5 Å². The molecule has 4 saturated carbocycles. The molecular formula is C39H56N2O12S. The van der Waals surface area contributed by atoms with Gasteiger partial charge in [0.2, 0.25) is 5.91 Å². The van der Waals surface area contributed by atoms with Crippen LogP contribution in [-0.2, 0) is 38.2 Å². The molecule has 1 spiro atoms. The van der Waals surface area contributed by atoms with Crippen LogP contribution in [0.25, 0.3) is 0 Å². The molecule has 4 aliphatic carbocycles. The number of carbonyl (C=O) groups excluding carboxylic acids is 4. The fourth-order valence-electron chi connectivity index (χ4n) is 11.8. The van der Waals surface area contributed by atoms with Gasteiger partial charge in [0.05, 0.1) is 35.7 Å². The molecule has 0 bridgehead atoms. The monoisotopic (exact) mass is 776 g/mol. The first-order chi connectivity index (χ1) is 25.4. The third kappa shape index (κ3) is 6.83. The van der Waals surface area contributed by atoms with Crippen LogP contribution in [0.1, 0.15) is 91.9 Å². The summed E-state index contributed by atoms with van der Waals surface area (Å²) < 4.78 is 12.4. The van der Waals surface area contributed by atoms with Crippen LogP contribution in [0.5, 0.6) is 0 Å². The number of cyclic esters (lactones) is 1. The Kier molecular flexibility index (Phi) is 11.5. The summed E-state index contributed by atoms with van der Waals surface area (Å²) in [5.74, 6) is -3.86. The number of nitrogens with one attached hydrogen (secondary N) is 1. The number of aliphatic carboxylic acids is 2. The molecule has 0 radical (unpaired) electrons. The molecular weight excluding hydrogens is 720 g/mol. The minimum Gasteiger partial charge on any atom is -0.480 e. The van der Waals surface area contributed by atoms with Crippen LogP contribution in [-0.4, -0.2) is 110 Å². The van der Waals surface area contributed by atoms with Crippen LogP contribution in [0.4, 0.5) is 0 Å². The molecule has 7 N–H and O–H groups in total. The van der Waals surface area contributed by atoms with Crippen molar-refractivity contribution >= 4 is 47.1 Å². The van der Waals surface area contributed by atoms with Gasteiger partial charge in [-0.2, -0.15) is 11.8 Å². The highest BCUT2D eigenvalue weighted by Gasteiger charge is 2.82. The van der Waals surface area contributed by atoms with Gasteiger partial charge in [-0.15, -0.1) is 0 Å². The number of hydrogen-bond acceptors (Lipinski definition) is 12. The first-order valence-electron chi connectivity index (χ1n) is 19.4. The molecule has 14 atom stereocenters. The molecule has 14 nitrogen and oxygen atoms in total. The SMILES string of the molecule is CC1=C(CO)C(=O)O[C@@H]([C@@H](C)[C@H]2CCC3C4CC5O[C@]56[C@@H](O)C(SC[C@H](CC(=O)CC[C@@H](N)C(=O)O)C(=O)NCC(=O)O)CC(=O)[C@]6(C)C4CC[C@@]32C)C1. The third-order valence-corrected chi connectivity index (χ3v) is 16.2. The van der Waals surface area contributed by atoms with E-state index in [9.17, 15) is 39.0 Å². The minimum absolute atomic E-state index is 0.0191. The molecule has 0 aromatic rings. The lowest BCUT2D eigenvalue weighted by Crippen LogP contribution is -2.67. The Labute approximate surface area is 319 Å². The van der Waals surface area contributed by atoms with Crippen LogP contribution in [0, 0.1) is 46.3 Å². The van der Waals surface area contributed by atoms with Crippen molar-refractivity contribution in [1.82, 2.24) is 5.32 Å². The second-order valence-corrected chi connectivity index (χ2v) is 18.6. The van der Waals surface area contributed by atoms with Gasteiger partial charge in [0.15, 0.2) is 0 Å². The zero-order chi connectivity index (χ0) is 39.5. The number of carboxylic acid groups (broad SMARTS) is 2. The van der Waals surface area contributed by atoms with Crippen LogP contribution in [0.3, 0.4) is 0 Å². The highest BCUT2D eigenvalue weighted by Crippen LogP contribution is 2.74. The smallest absolute Gasteiger partial charge is 0.336 e. The number of amides is 1. The Bertz CT molecular complexity index is 1600. The van der Waals surface area contributed by atoms with Crippen molar-refractivity contribution in [2.75, 3.05) is 18.9 Å². The van der Waals surface area contributed by atoms with Gasteiger partial charge < -0.3 is 41.0 Å². The molecule has 6 aliphatic rings. The zero-order valence-corrected chi connectivity index (χ0v) is 32.4. The summed E-state index contributed by atoms with van der Waals surface area (Å²) in [5, 5.41) is 41.6. The Hall–Kier alpha value is -2.85. The number of ether oxygens (including phenoxy) is 2. The lowest BCUT2D eigenvalue weighted by atomic mass is 9.43. The standard InChI is InChI=1S/C39H56N2O12S/c1-18-11-28(52-36(51)23(18)16-42)19(2)24-6-7-25-22-13-31-39(53-31)33(47)29(14-30(44)38(39,4)26(22)9-10-37(24,25)3)54-17-20(34(48)41-15-32(45)46)12-21(43)5-8-27(40)35(49)50/h19-20,22,24-29,31,33,42,47H,5-17,40H2,1-4H3,(H,41,48)(H,45,46)(H,49,50)/t19-,20-,22?,24+,25?,26?,27+,28+,29?,31?,33-,37+,38-,39-/m0/s1. The fraction of sp³-hybridized carbons (Fsp3) is 0.795. The number of thioether (sulfide) groups is 1. The molecule has 1 saturated heterocycles. The summed E-state index contributed by atoms with van der Waals surface area (Å²) in [6.07, 6.45) is 3.01. The van der Waals surface area contributed by atoms with Crippen LogP contribution >= 0.6 is 11.8 Å². The second kappa shape index (κ2) is 15.2. The van der Waals surface area contributed by atoms with E-state index in [1.54, 1.807) is 0 Å². The summed E-state index contributed by atoms with van der Waals surface area (Å²) in [6.45, 7) is 7.45. The maximum absolute atomic E-state index is 14.5. The van der Waals surface area contributed by atoms with E-state index in [2.05, 4.69) is 19.2 Å². The first-order valence-corrected chi connectivity index (χ1v) is 20.5. The summed E-state index contributed by atoms with van der Waals surface area (Å²) >= 11 is 1.21. The van der Waals surface area contributed by atoms with Gasteiger partial charge in [0, 0.05) is 36.7 Å². The number of carbonyl (C=O) groups is 6. The number of hydrogen-bond donors (Lipinski definition) is 6. The highest BCUT2D eigenvalue weighted by atomic mass is 32.2. The average Bonchev–Trinajstić information content (AvgIpc) is 3.75. The van der Waals surface area contributed by atoms with Crippen molar-refractivity contribution < 1.29 is 58.7 Å². The van der Waals surface area contributed by atoms with Crippen molar-refractivity contribution in [2.24, 2.45) is 52.1 Å². The van der Waals surface area contributed by atoms with Gasteiger partial charge in [0.1, 0.15) is 35.9 Å². The van der Waals surface area contributed by atoms with Crippen LogP contribution in [0.2, 0.25) is 0 Å². The summed E-state index contributed by atoms with van der Waals surface area (Å²) in [6, 6.07) is -1.23. The summed E-state index contributed by atoms with van der Waals surface area (Å²) in [5.41, 5.74) is 4.81. The average molecular weight is 777 g/mol. The van der Waals surface area contributed by atoms with Crippen molar-refractivity contribution in [3.63, 3.8) is 0 Å². The number of ketones is 2. The maximum Gasteiger partial charge on any atom is 0.336 e. The molecule has 2 heterocycles. The van der Waals surface area contributed by atoms with E-state index in [0.29, 0.717) is 23.8 Å². The van der Waals surface area contributed by atoms with E-state index in [4.69, 9.17) is 25.4 Å². The Morgan fingerprint density at radius 2 is 1.80 bits per heavy atom. The molecule has 54 heavy (non-hydrogen) atoms. The van der Waals surface area contributed by atoms with Crippen molar-refractivity contribution in [3.05, 3.63) is 11.1 Å². The zero-order valence-electron chi connectivity index (χ0n) is 31.6. The normalized spacial score (nSPS) is 39.9.